The summed E-state index contributed by atoms with van der Waals surface area (Å²) in [7, 11) is 1.78. The first-order valence-corrected chi connectivity index (χ1v) is 5.15. The number of rotatable bonds is 7. The Bertz CT molecular complexity index is 106. The van der Waals surface area contributed by atoms with Gasteiger partial charge in [-0.3, -0.25) is 0 Å². The summed E-state index contributed by atoms with van der Waals surface area (Å²) >= 11 is 0. The maximum absolute atomic E-state index is 10.7. The van der Waals surface area contributed by atoms with Gasteiger partial charge in [0.15, 0.2) is 6.16 Å². The van der Waals surface area contributed by atoms with Gasteiger partial charge in [-0.25, -0.2) is 0 Å². The van der Waals surface area contributed by atoms with E-state index in [-0.39, 0.29) is 0 Å². The van der Waals surface area contributed by atoms with Crippen molar-refractivity contribution in [1.29, 1.82) is 0 Å². The molecule has 4 heteroatoms. The molecule has 0 fully saturated rings. The largest absolute Gasteiger partial charge is 0.507 e. The van der Waals surface area contributed by atoms with Gasteiger partial charge in [-0.15, -0.1) is 4.52 Å². The predicted octanol–water partition coefficient (Wildman–Crippen LogP) is 2.19. The number of unbranched alkanes of at least 4 members (excludes halogenated alkanes) is 2. The molecule has 0 N–H and O–H groups in total. The van der Waals surface area contributed by atoms with Crippen molar-refractivity contribution in [1.82, 2.24) is 0 Å². The molecule has 3 nitrogen and oxygen atoms in total. The Hall–Kier alpha value is 0.0200. The van der Waals surface area contributed by atoms with Crippen molar-refractivity contribution in [3.63, 3.8) is 0 Å². The molecule has 66 valence electrons. The number of hydrogen-bond acceptors (Lipinski definition) is 3. The molecule has 0 aromatic heterocycles. The smallest absolute Gasteiger partial charge is 0.385 e. The van der Waals surface area contributed by atoms with E-state index < -0.39 is 8.03 Å². The summed E-state index contributed by atoms with van der Waals surface area (Å²) in [6, 6.07) is 0. The highest BCUT2D eigenvalue weighted by Gasteiger charge is 2.12. The van der Waals surface area contributed by atoms with Gasteiger partial charge in [-0.1, -0.05) is 0 Å². The van der Waals surface area contributed by atoms with E-state index in [4.69, 9.17) is 4.74 Å². The minimum Gasteiger partial charge on any atom is -0.385 e. The molecule has 1 unspecified atom stereocenters. The third-order valence-electron chi connectivity index (χ3n) is 1.39. The van der Waals surface area contributed by atoms with Gasteiger partial charge in [0.2, 0.25) is 0 Å². The average molecular weight is 179 g/mol. The zero-order valence-corrected chi connectivity index (χ0v) is 8.10. The van der Waals surface area contributed by atoms with Gasteiger partial charge in [-0.05, 0) is 23.8 Å². The Kier molecular flexibility index (Phi) is 8.13. The lowest BCUT2D eigenvalue weighted by atomic mass is 10.3. The maximum Gasteiger partial charge on any atom is 0.507 e. The van der Waals surface area contributed by atoms with Crippen LogP contribution >= 0.6 is 8.03 Å². The summed E-state index contributed by atoms with van der Waals surface area (Å²) in [5.74, 6) is 0. The van der Waals surface area contributed by atoms with Crippen LogP contribution in [0.5, 0.6) is 0 Å². The van der Waals surface area contributed by atoms with Crippen LogP contribution in [0.2, 0.25) is 0 Å². The first kappa shape index (κ1) is 11.0. The topological polar surface area (TPSA) is 35.5 Å². The molecule has 0 amide bonds. The van der Waals surface area contributed by atoms with Crippen molar-refractivity contribution in [2.45, 2.75) is 19.3 Å². The van der Waals surface area contributed by atoms with E-state index in [1.165, 1.54) is 7.11 Å². The van der Waals surface area contributed by atoms with Gasteiger partial charge >= 0.3 is 8.03 Å². The summed E-state index contributed by atoms with van der Waals surface area (Å²) in [5.41, 5.74) is 0. The molecule has 0 aromatic carbocycles. The molecule has 1 atom stereocenters. The van der Waals surface area contributed by atoms with Crippen LogP contribution in [-0.2, 0) is 13.8 Å². The van der Waals surface area contributed by atoms with Gasteiger partial charge in [0.1, 0.15) is 0 Å². The summed E-state index contributed by atoms with van der Waals surface area (Å²) in [4.78, 5) is 0. The van der Waals surface area contributed by atoms with Crippen molar-refractivity contribution >= 4 is 8.03 Å². The van der Waals surface area contributed by atoms with Crippen LogP contribution in [0.25, 0.3) is 0 Å². The zero-order valence-electron chi connectivity index (χ0n) is 7.21. The summed E-state index contributed by atoms with van der Waals surface area (Å²) in [6.45, 7) is 0.795. The highest BCUT2D eigenvalue weighted by molar-refractivity contribution is 7.39. The molecule has 0 saturated heterocycles. The van der Waals surface area contributed by atoms with Crippen LogP contribution in [-0.4, -0.2) is 27.0 Å². The van der Waals surface area contributed by atoms with E-state index in [1.54, 1.807) is 7.11 Å². The molecule has 0 aromatic rings. The second-order valence-corrected chi connectivity index (χ2v) is 3.77. The zero-order chi connectivity index (χ0) is 8.53. The first-order chi connectivity index (χ1) is 5.31. The van der Waals surface area contributed by atoms with Crippen molar-refractivity contribution in [2.75, 3.05) is 27.0 Å². The normalized spacial score (nSPS) is 11.6. The Morgan fingerprint density at radius 1 is 1.18 bits per heavy atom. The van der Waals surface area contributed by atoms with Crippen molar-refractivity contribution < 1.29 is 13.8 Å². The van der Waals surface area contributed by atoms with E-state index in [0.717, 1.165) is 25.9 Å². The molecule has 0 radical (unpaired) electrons. The fraction of sp³-hybridized carbons (Fsp3) is 1.00. The SMILES string of the molecule is COCCCCC[P+](=O)OC. The minimum absolute atomic E-state index is 0.676. The highest BCUT2D eigenvalue weighted by Crippen LogP contribution is 2.21. The Balaban J connectivity index is 2.95. The summed E-state index contributed by atoms with van der Waals surface area (Å²) in [5, 5.41) is 0. The lowest BCUT2D eigenvalue weighted by Crippen LogP contribution is -1.89. The average Bonchev–Trinajstić information content (AvgIpc) is 2.04. The van der Waals surface area contributed by atoms with E-state index in [0.29, 0.717) is 6.16 Å². The molecule has 0 aliphatic heterocycles. The lowest BCUT2D eigenvalue weighted by Gasteiger charge is -1.94. The van der Waals surface area contributed by atoms with Crippen LogP contribution in [0.3, 0.4) is 0 Å². The van der Waals surface area contributed by atoms with E-state index >= 15 is 0 Å². The molecule has 0 saturated carbocycles. The Morgan fingerprint density at radius 2 is 1.91 bits per heavy atom. The molecule has 0 aliphatic carbocycles. The lowest BCUT2D eigenvalue weighted by molar-refractivity contribution is 0.192. The third-order valence-corrected chi connectivity index (χ3v) is 2.48. The fourth-order valence-electron chi connectivity index (χ4n) is 0.755. The second-order valence-electron chi connectivity index (χ2n) is 2.29. The molecule has 0 aliphatic rings. The minimum atomic E-state index is -1.39. The fourth-order valence-corrected chi connectivity index (χ4v) is 1.42. The van der Waals surface area contributed by atoms with E-state index in [9.17, 15) is 4.57 Å². The summed E-state index contributed by atoms with van der Waals surface area (Å²) in [6.07, 6.45) is 3.75. The standard InChI is InChI=1S/C7H16O3P/c1-9-6-4-3-5-7-11(8)10-2/h3-7H2,1-2H3/q+1. The molecule has 0 spiro atoms. The van der Waals surface area contributed by atoms with E-state index in [1.807, 2.05) is 0 Å². The number of ether oxygens (including phenoxy) is 1. The van der Waals surface area contributed by atoms with Gasteiger partial charge in [0.25, 0.3) is 0 Å². The van der Waals surface area contributed by atoms with Gasteiger partial charge in [0, 0.05) is 13.7 Å². The van der Waals surface area contributed by atoms with Crippen molar-refractivity contribution in [3.05, 3.63) is 0 Å². The highest BCUT2D eigenvalue weighted by atomic mass is 31.1. The summed E-state index contributed by atoms with van der Waals surface area (Å²) < 4.78 is 20.2. The molecule has 0 bridgehead atoms. The molecule has 0 rings (SSSR count). The second kappa shape index (κ2) is 8.12. The monoisotopic (exact) mass is 179 g/mol. The van der Waals surface area contributed by atoms with Gasteiger partial charge in [0.05, 0.1) is 7.11 Å². The van der Waals surface area contributed by atoms with Gasteiger partial charge < -0.3 is 4.74 Å². The van der Waals surface area contributed by atoms with Crippen LogP contribution in [0, 0.1) is 0 Å². The molecule has 11 heavy (non-hydrogen) atoms. The van der Waals surface area contributed by atoms with Crippen LogP contribution < -0.4 is 0 Å². The maximum atomic E-state index is 10.7. The van der Waals surface area contributed by atoms with Crippen LogP contribution in [0.4, 0.5) is 0 Å². The molecule has 0 heterocycles. The molecular weight excluding hydrogens is 163 g/mol. The Labute approximate surface area is 68.9 Å². The Morgan fingerprint density at radius 3 is 2.45 bits per heavy atom. The van der Waals surface area contributed by atoms with Crippen LogP contribution in [0.1, 0.15) is 19.3 Å². The van der Waals surface area contributed by atoms with Crippen molar-refractivity contribution in [2.24, 2.45) is 0 Å². The number of methoxy groups -OCH3 is 1. The number of hydrogen-bond donors (Lipinski definition) is 0. The van der Waals surface area contributed by atoms with Gasteiger partial charge in [-0.2, -0.15) is 0 Å². The third kappa shape index (κ3) is 7.92. The predicted molar refractivity (Wildman–Crippen MR) is 45.2 cm³/mol. The first-order valence-electron chi connectivity index (χ1n) is 3.79. The van der Waals surface area contributed by atoms with E-state index in [2.05, 4.69) is 4.52 Å². The van der Waals surface area contributed by atoms with Crippen molar-refractivity contribution in [3.8, 4) is 0 Å². The quantitative estimate of drug-likeness (QED) is 0.444. The molecular formula is C7H16O3P+. The van der Waals surface area contributed by atoms with Crippen LogP contribution in [0.15, 0.2) is 0 Å².